The number of hydrogen-bond acceptors (Lipinski definition) is 2. The molecule has 0 aromatic carbocycles. The van der Waals surface area contributed by atoms with E-state index in [0.29, 0.717) is 0 Å². The third-order valence-electron chi connectivity index (χ3n) is 0. The molecule has 0 spiro atoms. The molecule has 0 fully saturated rings. The molecule has 0 heterocycles. The van der Waals surface area contributed by atoms with E-state index < -0.39 is 0 Å². The molecule has 1 N–H and O–H groups in total. The third kappa shape index (κ3) is 30.6. The molecule has 0 radical (unpaired) electrons. The van der Waals surface area contributed by atoms with Gasteiger partial charge in [-0.05, 0) is 0 Å². The molecule has 0 bridgehead atoms. The summed E-state index contributed by atoms with van der Waals surface area (Å²) in [5.74, 6) is 0. The van der Waals surface area contributed by atoms with Crippen molar-refractivity contribution >= 4 is 6.08 Å². The minimum atomic E-state index is 0.750. The Bertz CT molecular complexity index is 44.0. The third-order valence-corrected chi connectivity index (χ3v) is 0. The van der Waals surface area contributed by atoms with Gasteiger partial charge in [-0.15, -0.1) is 26.3 Å². The zero-order valence-electron chi connectivity index (χ0n) is 4.24. The molecule has 0 amide bonds. The van der Waals surface area contributed by atoms with E-state index >= 15 is 0 Å². The van der Waals surface area contributed by atoms with Crippen LogP contribution in [0.5, 0.6) is 0 Å². The normalized spacial score (nSPS) is 2.29. The van der Waals surface area contributed by atoms with Crippen molar-refractivity contribution in [1.29, 1.82) is 5.41 Å². The average Bonchev–Trinajstić information content (AvgIpc) is 1.78. The summed E-state index contributed by atoms with van der Waals surface area (Å²) in [4.78, 5) is 8.35. The lowest BCUT2D eigenvalue weighted by atomic mass is 11.3. The van der Waals surface area contributed by atoms with Gasteiger partial charge in [-0.2, -0.15) is 0 Å². The minimum Gasteiger partial charge on any atom is -0.222 e. The van der Waals surface area contributed by atoms with Crippen molar-refractivity contribution in [2.75, 3.05) is 0 Å². The summed E-state index contributed by atoms with van der Waals surface area (Å²) >= 11 is 0. The monoisotopic (exact) mass is 99.1 g/mol. The van der Waals surface area contributed by atoms with Crippen molar-refractivity contribution in [3.8, 4) is 0 Å². The van der Waals surface area contributed by atoms with Gasteiger partial charge in [0.2, 0.25) is 6.08 Å². The van der Waals surface area contributed by atoms with E-state index in [1.807, 2.05) is 0 Å². The van der Waals surface area contributed by atoms with Gasteiger partial charge in [0, 0.05) is 0 Å². The van der Waals surface area contributed by atoms with Crippen LogP contribution in [0.4, 0.5) is 0 Å². The van der Waals surface area contributed by atoms with E-state index in [2.05, 4.69) is 26.3 Å². The Morgan fingerprint density at radius 1 is 1.14 bits per heavy atom. The van der Waals surface area contributed by atoms with Crippen LogP contribution < -0.4 is 0 Å². The van der Waals surface area contributed by atoms with Gasteiger partial charge in [-0.1, -0.05) is 0 Å². The van der Waals surface area contributed by atoms with Gasteiger partial charge in [-0.3, -0.25) is 0 Å². The molecule has 0 aliphatic rings. The van der Waals surface area contributed by atoms with Crippen LogP contribution >= 0.6 is 0 Å². The zero-order chi connectivity index (χ0) is 6.71. The van der Waals surface area contributed by atoms with Gasteiger partial charge in [-0.25, -0.2) is 10.2 Å². The van der Waals surface area contributed by atoms with E-state index in [1.54, 1.807) is 0 Å². The predicted octanol–water partition coefficient (Wildman–Crippen LogP) is 1.51. The molecule has 40 valence electrons. The van der Waals surface area contributed by atoms with Crippen LogP contribution in [0.3, 0.4) is 0 Å². The summed E-state index contributed by atoms with van der Waals surface area (Å²) in [5, 5.41) is 5.40. The van der Waals surface area contributed by atoms with Crippen LogP contribution in [0.25, 0.3) is 0 Å². The number of carbonyl (C=O) groups excluding carboxylic acids is 1. The van der Waals surface area contributed by atoms with Crippen molar-refractivity contribution in [3.63, 3.8) is 0 Å². The molecule has 7 heavy (non-hydrogen) atoms. The average molecular weight is 99.1 g/mol. The van der Waals surface area contributed by atoms with E-state index in [-0.39, 0.29) is 0 Å². The van der Waals surface area contributed by atoms with Gasteiger partial charge in [0.1, 0.15) is 0 Å². The second-order valence-electron chi connectivity index (χ2n) is 0.102. The quantitative estimate of drug-likeness (QED) is 0.279. The summed E-state index contributed by atoms with van der Waals surface area (Å²) in [7, 11) is 0. The highest BCUT2D eigenvalue weighted by Gasteiger charge is 1.03. The van der Waals surface area contributed by atoms with E-state index in [4.69, 9.17) is 10.2 Å². The first kappa shape index (κ1) is 16.9. The molecular formula is C5H9NO. The largest absolute Gasteiger partial charge is 0.231 e. The Labute approximate surface area is 43.7 Å². The summed E-state index contributed by atoms with van der Waals surface area (Å²) < 4.78 is 0. The Kier molecular flexibility index (Phi) is 8930. The van der Waals surface area contributed by atoms with Crippen molar-refractivity contribution in [2.24, 2.45) is 0 Å². The molecule has 0 unspecified atom stereocenters. The van der Waals surface area contributed by atoms with Crippen LogP contribution in [-0.2, 0) is 4.79 Å². The van der Waals surface area contributed by atoms with Gasteiger partial charge in [0.15, 0.2) is 0 Å². The van der Waals surface area contributed by atoms with Gasteiger partial charge in [0.25, 0.3) is 0 Å². The number of rotatable bonds is 0. The molecule has 0 atom stereocenters. The SMILES string of the molecule is C=C.C=C.N=C=O. The van der Waals surface area contributed by atoms with Crippen LogP contribution in [0, 0.1) is 5.41 Å². The summed E-state index contributed by atoms with van der Waals surface area (Å²) in [6.45, 7) is 12.0. The highest BCUT2D eigenvalue weighted by Crippen LogP contribution is 0.870. The van der Waals surface area contributed by atoms with Crippen LogP contribution in [0.1, 0.15) is 0 Å². The van der Waals surface area contributed by atoms with Gasteiger partial charge in [0.05, 0.1) is 0 Å². The molecule has 0 saturated heterocycles. The standard InChI is InChI=1S/2C2H4.CHNO/c2*1-2;2-1-3/h2*1-2H2;2H. The van der Waals surface area contributed by atoms with Gasteiger partial charge >= 0.3 is 0 Å². The summed E-state index contributed by atoms with van der Waals surface area (Å²) in [6.07, 6.45) is 0.750. The Hall–Kier alpha value is -1.14. The zero-order valence-corrected chi connectivity index (χ0v) is 4.24. The molecule has 0 aromatic rings. The molecule has 0 rings (SSSR count). The van der Waals surface area contributed by atoms with E-state index in [9.17, 15) is 0 Å². The van der Waals surface area contributed by atoms with Crippen LogP contribution in [0.2, 0.25) is 0 Å². The lowest BCUT2D eigenvalue weighted by Crippen LogP contribution is -1.16. The second kappa shape index (κ2) is 3690. The molecule has 0 aromatic heterocycles. The van der Waals surface area contributed by atoms with Crippen LogP contribution in [-0.4, -0.2) is 6.08 Å². The number of nitrogens with one attached hydrogen (secondary N) is 1. The Morgan fingerprint density at radius 3 is 1.14 bits per heavy atom. The molecule has 0 aliphatic carbocycles. The van der Waals surface area contributed by atoms with E-state index in [0.717, 1.165) is 6.08 Å². The first-order chi connectivity index (χ1) is 3.41. The smallest absolute Gasteiger partial charge is 0.222 e. The van der Waals surface area contributed by atoms with E-state index in [1.165, 1.54) is 0 Å². The molecule has 0 saturated carbocycles. The Balaban J connectivity index is -0.0000000360. The maximum atomic E-state index is 8.35. The lowest BCUT2D eigenvalue weighted by Gasteiger charge is -1.02. The molecule has 2 nitrogen and oxygen atoms in total. The van der Waals surface area contributed by atoms with Crippen LogP contribution in [0.15, 0.2) is 26.3 Å². The highest BCUT2D eigenvalue weighted by atomic mass is 16.1. The maximum Gasteiger partial charge on any atom is 0.231 e. The maximum absolute atomic E-state index is 8.35. The first-order valence-electron chi connectivity index (χ1n) is 1.45. The van der Waals surface area contributed by atoms with Crippen molar-refractivity contribution in [1.82, 2.24) is 0 Å². The molecule has 2 heteroatoms. The fourth-order valence-corrected chi connectivity index (χ4v) is 0. The number of isocyanates is 1. The highest BCUT2D eigenvalue weighted by molar-refractivity contribution is 5.26. The van der Waals surface area contributed by atoms with Crippen molar-refractivity contribution in [2.45, 2.75) is 0 Å². The lowest BCUT2D eigenvalue weighted by molar-refractivity contribution is 0.563. The first-order valence-corrected chi connectivity index (χ1v) is 1.45. The Morgan fingerprint density at radius 2 is 1.14 bits per heavy atom. The fraction of sp³-hybridized carbons (Fsp3) is 0. The predicted molar refractivity (Wildman–Crippen MR) is 30.9 cm³/mol. The molecular weight excluding hydrogens is 90.1 g/mol. The summed E-state index contributed by atoms with van der Waals surface area (Å²) in [5.41, 5.74) is 0. The van der Waals surface area contributed by atoms with Crippen molar-refractivity contribution < 1.29 is 4.79 Å². The minimum absolute atomic E-state index is 0.750. The second-order valence-corrected chi connectivity index (χ2v) is 0.102. The molecule has 0 aliphatic heterocycles. The number of hydrogen-bond donors (Lipinski definition) is 1. The summed E-state index contributed by atoms with van der Waals surface area (Å²) in [6, 6.07) is 0. The van der Waals surface area contributed by atoms with Crippen molar-refractivity contribution in [3.05, 3.63) is 26.3 Å². The van der Waals surface area contributed by atoms with Gasteiger partial charge < -0.3 is 0 Å². The fourth-order valence-electron chi connectivity index (χ4n) is 0. The topological polar surface area (TPSA) is 40.9 Å².